The number of amides is 1. The highest BCUT2D eigenvalue weighted by Crippen LogP contribution is 2.27. The minimum atomic E-state index is -1.03. The Hall–Kier alpha value is -1.72. The molecule has 7 heteroatoms. The Morgan fingerprint density at radius 1 is 1.25 bits per heavy atom. The predicted octanol–water partition coefficient (Wildman–Crippen LogP) is 3.73. The van der Waals surface area contributed by atoms with E-state index < -0.39 is 12.1 Å². The zero-order valence-corrected chi connectivity index (χ0v) is 15.5. The molecule has 132 valence electrons. The molecular weight excluding hydrogens is 353 g/mol. The Morgan fingerprint density at radius 3 is 2.38 bits per heavy atom. The van der Waals surface area contributed by atoms with Crippen LogP contribution >= 0.6 is 23.2 Å². The minimum absolute atomic E-state index is 0.283. The molecule has 1 rings (SSSR count). The highest BCUT2D eigenvalue weighted by molar-refractivity contribution is 6.35. The average Bonchev–Trinajstić information content (AvgIpc) is 2.52. The lowest BCUT2D eigenvalue weighted by molar-refractivity contribution is -0.159. The van der Waals surface area contributed by atoms with Crippen molar-refractivity contribution in [3.05, 3.63) is 40.4 Å². The normalized spacial score (nSPS) is 11.5. The van der Waals surface area contributed by atoms with Crippen LogP contribution in [0.5, 0.6) is 5.75 Å². The lowest BCUT2D eigenvalue weighted by atomic mass is 10.1. The Morgan fingerprint density at radius 2 is 1.88 bits per heavy atom. The summed E-state index contributed by atoms with van der Waals surface area (Å²) < 4.78 is 10.5. The van der Waals surface area contributed by atoms with Crippen LogP contribution in [-0.4, -0.2) is 42.6 Å². The summed E-state index contributed by atoms with van der Waals surface area (Å²) in [5.41, 5.74) is 0.449. The molecule has 5 nitrogen and oxygen atoms in total. The van der Waals surface area contributed by atoms with Crippen LogP contribution in [0.4, 0.5) is 0 Å². The molecule has 24 heavy (non-hydrogen) atoms. The number of benzene rings is 1. The molecule has 1 amide bonds. The quantitative estimate of drug-likeness (QED) is 0.514. The fourth-order valence-corrected chi connectivity index (χ4v) is 2.42. The number of nitrogens with zero attached hydrogens (tertiary/aromatic N) is 1. The van der Waals surface area contributed by atoms with Crippen molar-refractivity contribution in [2.45, 2.75) is 26.9 Å². The van der Waals surface area contributed by atoms with Gasteiger partial charge in [-0.05, 0) is 44.5 Å². The van der Waals surface area contributed by atoms with Crippen molar-refractivity contribution in [3.63, 3.8) is 0 Å². The number of ether oxygens (including phenoxy) is 2. The van der Waals surface area contributed by atoms with Gasteiger partial charge in [0.25, 0.3) is 5.91 Å². The smallest absolute Gasteiger partial charge is 0.345 e. The Labute approximate surface area is 152 Å². The molecule has 0 spiro atoms. The SMILES string of the molecule is C=C(C)C(OC(=O)COc1ccc(Cl)cc1Cl)C(=O)N(CC)CC. The molecule has 1 aromatic carbocycles. The van der Waals surface area contributed by atoms with Gasteiger partial charge in [0.2, 0.25) is 6.10 Å². The Kier molecular flexibility index (Phi) is 8.08. The summed E-state index contributed by atoms with van der Waals surface area (Å²) in [6.45, 7) is 9.72. The van der Waals surface area contributed by atoms with Crippen molar-refractivity contribution < 1.29 is 19.1 Å². The van der Waals surface area contributed by atoms with E-state index in [1.165, 1.54) is 6.07 Å². The van der Waals surface area contributed by atoms with E-state index in [0.717, 1.165) is 0 Å². The summed E-state index contributed by atoms with van der Waals surface area (Å²) in [6.07, 6.45) is -1.03. The van der Waals surface area contributed by atoms with Crippen molar-refractivity contribution in [2.24, 2.45) is 0 Å². The molecule has 0 saturated heterocycles. The van der Waals surface area contributed by atoms with Gasteiger partial charge in [-0.2, -0.15) is 0 Å². The van der Waals surface area contributed by atoms with E-state index in [-0.39, 0.29) is 17.5 Å². The molecule has 0 aliphatic carbocycles. The van der Waals surface area contributed by atoms with Crippen molar-refractivity contribution >= 4 is 35.1 Å². The molecule has 0 aliphatic rings. The van der Waals surface area contributed by atoms with Gasteiger partial charge in [0.15, 0.2) is 6.61 Å². The molecule has 0 saturated carbocycles. The van der Waals surface area contributed by atoms with Crippen LogP contribution in [0.2, 0.25) is 10.0 Å². The molecule has 0 N–H and O–H groups in total. The fourth-order valence-electron chi connectivity index (χ4n) is 1.96. The topological polar surface area (TPSA) is 55.8 Å². The first-order chi connectivity index (χ1) is 11.3. The molecule has 0 fully saturated rings. The second kappa shape index (κ2) is 9.55. The number of carbonyl (C=O) groups excluding carboxylic acids is 2. The minimum Gasteiger partial charge on any atom is -0.480 e. The number of esters is 1. The largest absolute Gasteiger partial charge is 0.480 e. The van der Waals surface area contributed by atoms with Crippen molar-refractivity contribution in [1.82, 2.24) is 4.90 Å². The molecule has 1 unspecified atom stereocenters. The zero-order valence-electron chi connectivity index (χ0n) is 14.0. The second-order valence-corrected chi connectivity index (χ2v) is 5.93. The summed E-state index contributed by atoms with van der Waals surface area (Å²) in [4.78, 5) is 25.9. The summed E-state index contributed by atoms with van der Waals surface area (Å²) in [7, 11) is 0. The Balaban J connectivity index is 2.69. The lowest BCUT2D eigenvalue weighted by Gasteiger charge is -2.25. The van der Waals surface area contributed by atoms with E-state index in [2.05, 4.69) is 6.58 Å². The van der Waals surface area contributed by atoms with Gasteiger partial charge in [0.05, 0.1) is 5.02 Å². The Bertz CT molecular complexity index is 615. The number of hydrogen-bond donors (Lipinski definition) is 0. The van der Waals surface area contributed by atoms with E-state index in [0.29, 0.717) is 29.4 Å². The molecule has 0 heterocycles. The van der Waals surface area contributed by atoms with Gasteiger partial charge in [-0.25, -0.2) is 4.79 Å². The van der Waals surface area contributed by atoms with E-state index in [1.807, 2.05) is 13.8 Å². The zero-order chi connectivity index (χ0) is 18.3. The number of rotatable bonds is 8. The van der Waals surface area contributed by atoms with Crippen LogP contribution in [0, 0.1) is 0 Å². The van der Waals surface area contributed by atoms with Gasteiger partial charge in [-0.15, -0.1) is 0 Å². The number of likely N-dealkylation sites (N-methyl/N-ethyl adjacent to an activating group) is 1. The van der Waals surface area contributed by atoms with Crippen LogP contribution in [0.15, 0.2) is 30.4 Å². The van der Waals surface area contributed by atoms with Gasteiger partial charge >= 0.3 is 5.97 Å². The maximum absolute atomic E-state index is 12.4. The van der Waals surface area contributed by atoms with Gasteiger partial charge < -0.3 is 14.4 Å². The van der Waals surface area contributed by atoms with Gasteiger partial charge in [-0.1, -0.05) is 29.8 Å². The summed E-state index contributed by atoms with van der Waals surface area (Å²) in [5.74, 6) is -0.681. The third kappa shape index (κ3) is 5.73. The third-order valence-corrected chi connectivity index (χ3v) is 3.77. The fraction of sp³-hybridized carbons (Fsp3) is 0.412. The highest BCUT2D eigenvalue weighted by atomic mass is 35.5. The third-order valence-electron chi connectivity index (χ3n) is 3.24. The van der Waals surface area contributed by atoms with Crippen LogP contribution < -0.4 is 4.74 Å². The van der Waals surface area contributed by atoms with E-state index in [9.17, 15) is 9.59 Å². The predicted molar refractivity (Wildman–Crippen MR) is 94.6 cm³/mol. The van der Waals surface area contributed by atoms with E-state index >= 15 is 0 Å². The van der Waals surface area contributed by atoms with Crippen LogP contribution in [0.25, 0.3) is 0 Å². The molecule has 1 atom stereocenters. The molecule has 0 aliphatic heterocycles. The first-order valence-corrected chi connectivity index (χ1v) is 8.27. The van der Waals surface area contributed by atoms with Gasteiger partial charge in [0, 0.05) is 18.1 Å². The maximum Gasteiger partial charge on any atom is 0.345 e. The second-order valence-electron chi connectivity index (χ2n) is 5.09. The molecule has 0 radical (unpaired) electrons. The highest BCUT2D eigenvalue weighted by Gasteiger charge is 2.27. The molecular formula is C17H21Cl2NO4. The average molecular weight is 374 g/mol. The van der Waals surface area contributed by atoms with Crippen LogP contribution in [0.1, 0.15) is 20.8 Å². The number of halogens is 2. The van der Waals surface area contributed by atoms with Gasteiger partial charge in [0.1, 0.15) is 5.75 Å². The van der Waals surface area contributed by atoms with Crippen molar-refractivity contribution in [2.75, 3.05) is 19.7 Å². The monoisotopic (exact) mass is 373 g/mol. The van der Waals surface area contributed by atoms with Crippen molar-refractivity contribution in [1.29, 1.82) is 0 Å². The summed E-state index contributed by atoms with van der Waals surface area (Å²) in [6, 6.07) is 4.65. The summed E-state index contributed by atoms with van der Waals surface area (Å²) >= 11 is 11.8. The molecule has 0 aromatic heterocycles. The summed E-state index contributed by atoms with van der Waals surface area (Å²) in [5, 5.41) is 0.744. The van der Waals surface area contributed by atoms with Crippen molar-refractivity contribution in [3.8, 4) is 5.75 Å². The number of hydrogen-bond acceptors (Lipinski definition) is 4. The lowest BCUT2D eigenvalue weighted by Crippen LogP contribution is -2.42. The molecule has 1 aromatic rings. The maximum atomic E-state index is 12.4. The van der Waals surface area contributed by atoms with Crippen LogP contribution in [-0.2, 0) is 14.3 Å². The van der Waals surface area contributed by atoms with E-state index in [4.69, 9.17) is 32.7 Å². The standard InChI is InChI=1S/C17H21Cl2NO4/c1-5-20(6-2)17(22)16(11(3)4)24-15(21)10-23-14-8-7-12(18)9-13(14)19/h7-9,16H,3,5-6,10H2,1-2,4H3. The van der Waals surface area contributed by atoms with E-state index in [1.54, 1.807) is 24.0 Å². The number of carbonyl (C=O) groups is 2. The first-order valence-electron chi connectivity index (χ1n) is 7.51. The molecule has 0 bridgehead atoms. The first kappa shape index (κ1) is 20.3. The van der Waals surface area contributed by atoms with Crippen LogP contribution in [0.3, 0.4) is 0 Å². The van der Waals surface area contributed by atoms with Gasteiger partial charge in [-0.3, -0.25) is 4.79 Å².